The van der Waals surface area contributed by atoms with Crippen LogP contribution in [0.25, 0.3) is 22.3 Å². The molecule has 2 aromatic heterocycles. The Balaban J connectivity index is 1.70. The van der Waals surface area contributed by atoms with Crippen LogP contribution in [-0.2, 0) is 6.54 Å². The van der Waals surface area contributed by atoms with Gasteiger partial charge < -0.3 is 9.64 Å². The normalized spacial score (nSPS) is 10.8. The van der Waals surface area contributed by atoms with Crippen molar-refractivity contribution in [2.75, 3.05) is 18.6 Å². The largest absolute Gasteiger partial charge is 0.494 e. The molecule has 0 saturated carbocycles. The van der Waals surface area contributed by atoms with Gasteiger partial charge in [-0.15, -0.1) is 0 Å². The van der Waals surface area contributed by atoms with Gasteiger partial charge in [-0.05, 0) is 48.9 Å². The lowest BCUT2D eigenvalue weighted by atomic mass is 10.1. The highest BCUT2D eigenvalue weighted by Crippen LogP contribution is 2.27. The highest BCUT2D eigenvalue weighted by molar-refractivity contribution is 5.90. The van der Waals surface area contributed by atoms with E-state index in [0.717, 1.165) is 34.6 Å². The van der Waals surface area contributed by atoms with Crippen LogP contribution >= 0.6 is 0 Å². The van der Waals surface area contributed by atoms with Crippen molar-refractivity contribution in [3.05, 3.63) is 78.6 Å². The third kappa shape index (κ3) is 3.78. The van der Waals surface area contributed by atoms with Gasteiger partial charge in [0, 0.05) is 36.9 Å². The molecule has 0 saturated heterocycles. The third-order valence-electron chi connectivity index (χ3n) is 4.52. The van der Waals surface area contributed by atoms with Gasteiger partial charge >= 0.3 is 0 Å². The van der Waals surface area contributed by atoms with Gasteiger partial charge in [0.1, 0.15) is 11.6 Å². The van der Waals surface area contributed by atoms with Crippen LogP contribution in [0.1, 0.15) is 12.5 Å². The Hall–Kier alpha value is -3.47. The first-order chi connectivity index (χ1) is 13.7. The summed E-state index contributed by atoms with van der Waals surface area (Å²) in [4.78, 5) is 16.0. The molecule has 5 nitrogen and oxygen atoms in total. The van der Waals surface area contributed by atoms with Gasteiger partial charge in [-0.1, -0.05) is 24.3 Å². The molecule has 28 heavy (non-hydrogen) atoms. The predicted molar refractivity (Wildman–Crippen MR) is 112 cm³/mol. The van der Waals surface area contributed by atoms with Gasteiger partial charge in [-0.2, -0.15) is 0 Å². The van der Waals surface area contributed by atoms with E-state index in [-0.39, 0.29) is 0 Å². The van der Waals surface area contributed by atoms with Gasteiger partial charge in [0.05, 0.1) is 12.1 Å². The monoisotopic (exact) mass is 370 g/mol. The van der Waals surface area contributed by atoms with E-state index in [2.05, 4.69) is 35.1 Å². The zero-order chi connectivity index (χ0) is 19.3. The van der Waals surface area contributed by atoms with Crippen LogP contribution in [0, 0.1) is 0 Å². The lowest BCUT2D eigenvalue weighted by Gasteiger charge is -2.21. The summed E-state index contributed by atoms with van der Waals surface area (Å²) in [6.45, 7) is 3.39. The van der Waals surface area contributed by atoms with Crippen LogP contribution in [0.2, 0.25) is 0 Å². The summed E-state index contributed by atoms with van der Waals surface area (Å²) in [6, 6.07) is 20.2. The first-order valence-corrected chi connectivity index (χ1v) is 9.34. The number of ether oxygens (including phenoxy) is 1. The van der Waals surface area contributed by atoms with E-state index in [1.54, 1.807) is 12.4 Å². The zero-order valence-electron chi connectivity index (χ0n) is 16.0. The van der Waals surface area contributed by atoms with Crippen molar-refractivity contribution in [2.24, 2.45) is 0 Å². The molecule has 4 aromatic rings. The third-order valence-corrected chi connectivity index (χ3v) is 4.52. The van der Waals surface area contributed by atoms with Crippen molar-refractivity contribution < 1.29 is 4.74 Å². The van der Waals surface area contributed by atoms with E-state index < -0.39 is 0 Å². The first-order valence-electron chi connectivity index (χ1n) is 9.34. The first kappa shape index (κ1) is 17.9. The minimum absolute atomic E-state index is 0.670. The Bertz CT molecular complexity index is 1060. The molecule has 0 aliphatic rings. The minimum atomic E-state index is 0.670. The molecule has 0 amide bonds. The van der Waals surface area contributed by atoms with E-state index in [0.29, 0.717) is 12.4 Å². The number of para-hydroxylation sites is 1. The molecule has 0 spiro atoms. The summed E-state index contributed by atoms with van der Waals surface area (Å²) in [5.74, 6) is 2.47. The molecule has 0 N–H and O–H groups in total. The van der Waals surface area contributed by atoms with Gasteiger partial charge in [0.2, 0.25) is 0 Å². The second-order valence-corrected chi connectivity index (χ2v) is 6.56. The van der Waals surface area contributed by atoms with Crippen molar-refractivity contribution in [3.8, 4) is 17.1 Å². The summed E-state index contributed by atoms with van der Waals surface area (Å²) < 4.78 is 5.53. The molecule has 0 aliphatic heterocycles. The van der Waals surface area contributed by atoms with E-state index in [1.165, 1.54) is 5.56 Å². The maximum absolute atomic E-state index is 5.53. The van der Waals surface area contributed by atoms with Crippen molar-refractivity contribution in [1.29, 1.82) is 0 Å². The quantitative estimate of drug-likeness (QED) is 0.491. The maximum Gasteiger partial charge on any atom is 0.163 e. The van der Waals surface area contributed by atoms with Gasteiger partial charge in [-0.3, -0.25) is 4.98 Å². The highest BCUT2D eigenvalue weighted by atomic mass is 16.5. The number of benzene rings is 2. The topological polar surface area (TPSA) is 51.1 Å². The second-order valence-electron chi connectivity index (χ2n) is 6.56. The number of hydrogen-bond acceptors (Lipinski definition) is 5. The Labute approximate surface area is 164 Å². The number of anilines is 1. The van der Waals surface area contributed by atoms with E-state index >= 15 is 0 Å². The number of nitrogens with zero attached hydrogens (tertiary/aromatic N) is 4. The molecular weight excluding hydrogens is 348 g/mol. The molecule has 2 heterocycles. The van der Waals surface area contributed by atoms with Gasteiger partial charge in [0.25, 0.3) is 0 Å². The fourth-order valence-electron chi connectivity index (χ4n) is 3.18. The van der Waals surface area contributed by atoms with Crippen LogP contribution in [0.15, 0.2) is 73.1 Å². The van der Waals surface area contributed by atoms with Crippen molar-refractivity contribution >= 4 is 16.7 Å². The Kier molecular flexibility index (Phi) is 5.15. The molecule has 0 bridgehead atoms. The van der Waals surface area contributed by atoms with Gasteiger partial charge in [0.15, 0.2) is 5.82 Å². The Morgan fingerprint density at radius 3 is 2.50 bits per heavy atom. The number of hydrogen-bond donors (Lipinski definition) is 0. The fourth-order valence-corrected chi connectivity index (χ4v) is 3.18. The highest BCUT2D eigenvalue weighted by Gasteiger charge is 2.13. The zero-order valence-corrected chi connectivity index (χ0v) is 16.0. The predicted octanol–water partition coefficient (Wildman–Crippen LogP) is 4.73. The molecule has 0 aliphatic carbocycles. The number of pyridine rings is 1. The van der Waals surface area contributed by atoms with E-state index in [4.69, 9.17) is 14.7 Å². The Morgan fingerprint density at radius 2 is 1.75 bits per heavy atom. The average Bonchev–Trinajstić information content (AvgIpc) is 2.75. The lowest BCUT2D eigenvalue weighted by molar-refractivity contribution is 0.340. The summed E-state index contributed by atoms with van der Waals surface area (Å²) >= 11 is 0. The molecular formula is C23H22N4O. The number of aromatic nitrogens is 3. The van der Waals surface area contributed by atoms with Crippen LogP contribution < -0.4 is 9.64 Å². The van der Waals surface area contributed by atoms with Crippen LogP contribution in [-0.4, -0.2) is 28.6 Å². The SMILES string of the molecule is CCOc1ccc(CN(C)c2nc(-c3cccnc3)nc3ccccc23)cc1. The lowest BCUT2D eigenvalue weighted by Crippen LogP contribution is -2.18. The average molecular weight is 370 g/mol. The van der Waals surface area contributed by atoms with Crippen molar-refractivity contribution in [1.82, 2.24) is 15.0 Å². The summed E-state index contributed by atoms with van der Waals surface area (Å²) in [5, 5.41) is 1.03. The fraction of sp³-hybridized carbons (Fsp3) is 0.174. The number of rotatable bonds is 6. The Morgan fingerprint density at radius 1 is 0.929 bits per heavy atom. The van der Waals surface area contributed by atoms with Crippen molar-refractivity contribution in [3.63, 3.8) is 0 Å². The van der Waals surface area contributed by atoms with Crippen molar-refractivity contribution in [2.45, 2.75) is 13.5 Å². The maximum atomic E-state index is 5.53. The molecule has 2 aromatic carbocycles. The van der Waals surface area contributed by atoms with Crippen LogP contribution in [0.4, 0.5) is 5.82 Å². The van der Waals surface area contributed by atoms with E-state index in [1.807, 2.05) is 49.4 Å². The van der Waals surface area contributed by atoms with Crippen LogP contribution in [0.3, 0.4) is 0 Å². The molecule has 4 rings (SSSR count). The molecule has 140 valence electrons. The molecule has 0 unspecified atom stereocenters. The van der Waals surface area contributed by atoms with Crippen LogP contribution in [0.5, 0.6) is 5.75 Å². The molecule has 5 heteroatoms. The molecule has 0 atom stereocenters. The van der Waals surface area contributed by atoms with E-state index in [9.17, 15) is 0 Å². The summed E-state index contributed by atoms with van der Waals surface area (Å²) in [6.07, 6.45) is 3.55. The number of fused-ring (bicyclic) bond motifs is 1. The molecule has 0 radical (unpaired) electrons. The summed E-state index contributed by atoms with van der Waals surface area (Å²) in [5.41, 5.74) is 3.02. The standard InChI is InChI=1S/C23H22N4O/c1-3-28-19-12-10-17(11-13-19)16-27(2)23-20-8-4-5-9-21(20)25-22(26-23)18-7-6-14-24-15-18/h4-15H,3,16H2,1-2H3. The second kappa shape index (κ2) is 8.05. The summed E-state index contributed by atoms with van der Waals surface area (Å²) in [7, 11) is 2.05. The minimum Gasteiger partial charge on any atom is -0.494 e. The van der Waals surface area contributed by atoms with Gasteiger partial charge in [-0.25, -0.2) is 9.97 Å². The molecule has 0 fully saturated rings. The smallest absolute Gasteiger partial charge is 0.163 e.